The molecule has 10 heteroatoms. The highest BCUT2D eigenvalue weighted by Crippen LogP contribution is 2.45. The quantitative estimate of drug-likeness (QED) is 0.515. The summed E-state index contributed by atoms with van der Waals surface area (Å²) in [6.45, 7) is 0.490. The maximum absolute atomic E-state index is 14.2. The molecule has 2 aromatic carbocycles. The number of halogens is 3. The highest BCUT2D eigenvalue weighted by molar-refractivity contribution is 6.00. The van der Waals surface area contributed by atoms with Gasteiger partial charge in [0.2, 0.25) is 5.43 Å². The molecule has 202 valence electrons. The number of fused-ring (bicyclic) bond motifs is 1. The van der Waals surface area contributed by atoms with Gasteiger partial charge in [-0.25, -0.2) is 13.2 Å². The van der Waals surface area contributed by atoms with Crippen molar-refractivity contribution in [3.63, 3.8) is 0 Å². The Hall–Kier alpha value is -4.08. The first-order valence-electron chi connectivity index (χ1n) is 13.0. The first-order valence-corrected chi connectivity index (χ1v) is 13.0. The molecule has 1 N–H and O–H groups in total. The number of rotatable bonds is 6. The zero-order valence-corrected chi connectivity index (χ0v) is 21.1. The molecule has 3 aromatic rings. The van der Waals surface area contributed by atoms with Gasteiger partial charge in [0.25, 0.3) is 11.8 Å². The highest BCUT2D eigenvalue weighted by Gasteiger charge is 2.50. The number of carbonyl (C=O) groups is 2. The molecule has 7 nitrogen and oxygen atoms in total. The lowest BCUT2D eigenvalue weighted by Gasteiger charge is -2.42. The highest BCUT2D eigenvalue weighted by atomic mass is 19.1. The molecule has 6 rings (SSSR count). The zero-order valence-electron chi connectivity index (χ0n) is 21.1. The second-order valence-electron chi connectivity index (χ2n) is 10.4. The number of nitrogens with one attached hydrogen (secondary N) is 1. The van der Waals surface area contributed by atoms with Gasteiger partial charge in [0, 0.05) is 43.0 Å². The number of benzene rings is 2. The number of aromatic nitrogens is 1. The Kier molecular flexibility index (Phi) is 6.20. The summed E-state index contributed by atoms with van der Waals surface area (Å²) in [5, 5.41) is 2.43. The Morgan fingerprint density at radius 2 is 1.77 bits per heavy atom. The van der Waals surface area contributed by atoms with Crippen LogP contribution in [0.2, 0.25) is 0 Å². The van der Waals surface area contributed by atoms with E-state index in [1.165, 1.54) is 0 Å². The average molecular weight is 538 g/mol. The lowest BCUT2D eigenvalue weighted by Crippen LogP contribution is -2.52. The van der Waals surface area contributed by atoms with Crippen molar-refractivity contribution in [2.45, 2.75) is 50.8 Å². The molecule has 1 saturated heterocycles. The third-order valence-electron chi connectivity index (χ3n) is 8.01. The molecule has 2 amide bonds. The average Bonchev–Trinajstić information content (AvgIpc) is 3.14. The molecule has 1 atom stereocenters. The summed E-state index contributed by atoms with van der Waals surface area (Å²) in [4.78, 5) is 42.8. The topological polar surface area (TPSA) is 80.6 Å². The minimum atomic E-state index is -1.14. The van der Waals surface area contributed by atoms with Crippen LogP contribution in [-0.2, 0) is 25.1 Å². The van der Waals surface area contributed by atoms with E-state index < -0.39 is 46.4 Å². The van der Waals surface area contributed by atoms with Gasteiger partial charge in [-0.3, -0.25) is 14.4 Å². The summed E-state index contributed by atoms with van der Waals surface area (Å²) >= 11 is 0. The fourth-order valence-electron chi connectivity index (χ4n) is 6.19. The van der Waals surface area contributed by atoms with Crippen molar-refractivity contribution in [3.8, 4) is 5.75 Å². The van der Waals surface area contributed by atoms with Gasteiger partial charge in [-0.2, -0.15) is 0 Å². The molecular weight excluding hydrogens is 511 g/mol. The lowest BCUT2D eigenvalue weighted by atomic mass is 9.89. The van der Waals surface area contributed by atoms with Crippen LogP contribution >= 0.6 is 0 Å². The summed E-state index contributed by atoms with van der Waals surface area (Å²) in [7, 11) is 0. The zero-order chi connectivity index (χ0) is 27.3. The predicted molar refractivity (Wildman–Crippen MR) is 135 cm³/mol. The van der Waals surface area contributed by atoms with E-state index in [0.29, 0.717) is 43.8 Å². The third kappa shape index (κ3) is 4.18. The van der Waals surface area contributed by atoms with Crippen LogP contribution in [0.25, 0.3) is 0 Å². The van der Waals surface area contributed by atoms with E-state index in [1.54, 1.807) is 4.90 Å². The molecule has 3 aliphatic rings. The molecule has 1 spiro atoms. The third-order valence-corrected chi connectivity index (χ3v) is 8.01. The van der Waals surface area contributed by atoms with Gasteiger partial charge in [-0.05, 0) is 37.7 Å². The van der Waals surface area contributed by atoms with Gasteiger partial charge in [0.15, 0.2) is 11.4 Å². The molecule has 2 bridgehead atoms. The molecular formula is C29H26F3N3O4. The van der Waals surface area contributed by atoms with Gasteiger partial charge in [0.05, 0.1) is 5.54 Å². The van der Waals surface area contributed by atoms with E-state index in [9.17, 15) is 27.6 Å². The van der Waals surface area contributed by atoms with Crippen molar-refractivity contribution in [2.75, 3.05) is 13.1 Å². The van der Waals surface area contributed by atoms with Gasteiger partial charge in [-0.15, -0.1) is 0 Å². The van der Waals surface area contributed by atoms with Crippen LogP contribution in [0.15, 0.2) is 47.3 Å². The van der Waals surface area contributed by atoms with Gasteiger partial charge in [-0.1, -0.05) is 30.3 Å². The molecule has 0 radical (unpaired) electrons. The minimum absolute atomic E-state index is 0.00969. The fraction of sp³-hybridized carbons (Fsp3) is 0.345. The van der Waals surface area contributed by atoms with Crippen LogP contribution in [-0.4, -0.2) is 34.4 Å². The van der Waals surface area contributed by atoms with Crippen molar-refractivity contribution >= 4 is 11.8 Å². The molecule has 0 unspecified atom stereocenters. The number of pyridine rings is 1. The second kappa shape index (κ2) is 9.59. The van der Waals surface area contributed by atoms with Crippen LogP contribution in [0, 0.1) is 17.5 Å². The summed E-state index contributed by atoms with van der Waals surface area (Å²) in [5.41, 5.74) is -0.567. The number of amides is 2. The second-order valence-corrected chi connectivity index (χ2v) is 10.4. The fourth-order valence-corrected chi connectivity index (χ4v) is 6.19. The number of ether oxygens (including phenoxy) is 1. The first-order chi connectivity index (χ1) is 18.8. The lowest BCUT2D eigenvalue weighted by molar-refractivity contribution is 0.0580. The van der Waals surface area contributed by atoms with Crippen molar-refractivity contribution in [2.24, 2.45) is 0 Å². The Morgan fingerprint density at radius 3 is 2.51 bits per heavy atom. The Balaban J connectivity index is 1.45. The maximum atomic E-state index is 14.2. The summed E-state index contributed by atoms with van der Waals surface area (Å²) < 4.78 is 49.6. The maximum Gasteiger partial charge on any atom is 0.274 e. The molecule has 0 aliphatic carbocycles. The van der Waals surface area contributed by atoms with Crippen LogP contribution in [0.5, 0.6) is 5.75 Å². The van der Waals surface area contributed by atoms with Crippen LogP contribution in [0.4, 0.5) is 13.2 Å². The van der Waals surface area contributed by atoms with Crippen LogP contribution in [0.1, 0.15) is 63.4 Å². The van der Waals surface area contributed by atoms with E-state index in [-0.39, 0.29) is 29.5 Å². The van der Waals surface area contributed by atoms with E-state index >= 15 is 0 Å². The Labute approximate surface area is 222 Å². The van der Waals surface area contributed by atoms with E-state index in [0.717, 1.165) is 24.8 Å². The van der Waals surface area contributed by atoms with E-state index in [1.807, 2.05) is 34.9 Å². The number of hydrogen-bond donors (Lipinski definition) is 1. The van der Waals surface area contributed by atoms with E-state index in [2.05, 4.69) is 5.32 Å². The van der Waals surface area contributed by atoms with Crippen molar-refractivity contribution in [1.82, 2.24) is 14.8 Å². The number of hydrogen-bond acceptors (Lipinski definition) is 4. The van der Waals surface area contributed by atoms with Gasteiger partial charge in [0.1, 0.15) is 29.6 Å². The largest absolute Gasteiger partial charge is 0.483 e. The standard InChI is InChI=1S/C29H26F3N3O4/c30-18-12-20(31)19(21(32)13-18)14-33-27(37)23-22-8-10-29-9-4-5-11-34(16-29)28(38)24(35(22)29)26(25(23)36)39-15-17-6-2-1-3-7-17/h1-3,6-7,12-13H,4-5,8-11,14-16H2,(H,33,37)/t29-/m1/s1. The number of carbonyl (C=O) groups excluding carboxylic acids is 2. The summed E-state index contributed by atoms with van der Waals surface area (Å²) in [6.07, 6.45) is 3.55. The van der Waals surface area contributed by atoms with Crippen molar-refractivity contribution < 1.29 is 27.5 Å². The van der Waals surface area contributed by atoms with Crippen molar-refractivity contribution in [3.05, 3.63) is 98.2 Å². The van der Waals surface area contributed by atoms with Gasteiger partial charge >= 0.3 is 0 Å². The monoisotopic (exact) mass is 537 g/mol. The van der Waals surface area contributed by atoms with Crippen LogP contribution < -0.4 is 15.5 Å². The molecule has 4 heterocycles. The first kappa shape index (κ1) is 25.2. The van der Waals surface area contributed by atoms with Crippen molar-refractivity contribution in [1.29, 1.82) is 0 Å². The normalized spacial score (nSPS) is 19.5. The smallest absolute Gasteiger partial charge is 0.274 e. The summed E-state index contributed by atoms with van der Waals surface area (Å²) in [6, 6.07) is 10.2. The predicted octanol–water partition coefficient (Wildman–Crippen LogP) is 4.06. The van der Waals surface area contributed by atoms with Gasteiger partial charge < -0.3 is 19.5 Å². The molecule has 1 fully saturated rings. The summed E-state index contributed by atoms with van der Waals surface area (Å²) in [5.74, 6) is -4.70. The Bertz CT molecular complexity index is 1530. The molecule has 3 aliphatic heterocycles. The number of nitrogens with zero attached hydrogens (tertiary/aromatic N) is 2. The molecule has 39 heavy (non-hydrogen) atoms. The SMILES string of the molecule is O=C(NCc1c(F)cc(F)cc1F)c1c2n3c(c(OCc4ccccc4)c1=O)C(=O)N1CCCC[C@@]3(CC2)C1. The Morgan fingerprint density at radius 1 is 1.03 bits per heavy atom. The molecule has 0 saturated carbocycles. The van der Waals surface area contributed by atoms with Crippen LogP contribution in [0.3, 0.4) is 0 Å². The molecule has 1 aromatic heterocycles. The minimum Gasteiger partial charge on any atom is -0.483 e. The van der Waals surface area contributed by atoms with E-state index in [4.69, 9.17) is 4.74 Å².